The van der Waals surface area contributed by atoms with Gasteiger partial charge in [-0.2, -0.15) is 0 Å². The number of hydrogen-bond acceptors (Lipinski definition) is 4. The van der Waals surface area contributed by atoms with Crippen molar-refractivity contribution in [2.75, 3.05) is 14.2 Å². The molecule has 4 nitrogen and oxygen atoms in total. The first kappa shape index (κ1) is 18.6. The highest BCUT2D eigenvalue weighted by Crippen LogP contribution is 2.55. The van der Waals surface area contributed by atoms with E-state index in [1.807, 2.05) is 6.08 Å². The second kappa shape index (κ2) is 7.23. The van der Waals surface area contributed by atoms with Crippen LogP contribution in [0.5, 0.6) is 0 Å². The van der Waals surface area contributed by atoms with E-state index in [1.165, 1.54) is 0 Å². The second-order valence-corrected chi connectivity index (χ2v) is 7.01. The summed E-state index contributed by atoms with van der Waals surface area (Å²) in [5.74, 6) is 0.138. The summed E-state index contributed by atoms with van der Waals surface area (Å²) in [6.07, 6.45) is 5.38. The van der Waals surface area contributed by atoms with Gasteiger partial charge in [0, 0.05) is 26.6 Å². The van der Waals surface area contributed by atoms with Gasteiger partial charge in [-0.1, -0.05) is 32.9 Å². The molecule has 0 aromatic heterocycles. The van der Waals surface area contributed by atoms with Gasteiger partial charge in [0.1, 0.15) is 0 Å². The Balaban J connectivity index is 3.07. The zero-order chi connectivity index (χ0) is 16.3. The highest BCUT2D eigenvalue weighted by Gasteiger charge is 2.54. The van der Waals surface area contributed by atoms with E-state index in [9.17, 15) is 10.2 Å². The fraction of sp³-hybridized carbons (Fsp3) is 0.882. The smallest absolute Gasteiger partial charge is 0.157 e. The fourth-order valence-electron chi connectivity index (χ4n) is 3.59. The third-order valence-corrected chi connectivity index (χ3v) is 5.13. The lowest BCUT2D eigenvalue weighted by atomic mass is 9.69. The van der Waals surface area contributed by atoms with E-state index in [2.05, 4.69) is 20.8 Å². The van der Waals surface area contributed by atoms with Crippen molar-refractivity contribution in [3.63, 3.8) is 0 Å². The van der Waals surface area contributed by atoms with Crippen LogP contribution in [0.15, 0.2) is 12.2 Å². The van der Waals surface area contributed by atoms with E-state index < -0.39 is 11.7 Å². The molecule has 0 aromatic rings. The van der Waals surface area contributed by atoms with Gasteiger partial charge in [0.05, 0.1) is 11.7 Å². The molecule has 0 amide bonds. The lowest BCUT2D eigenvalue weighted by molar-refractivity contribution is -0.133. The molecule has 0 aliphatic heterocycles. The molecule has 0 aromatic carbocycles. The summed E-state index contributed by atoms with van der Waals surface area (Å²) in [7, 11) is 3.28. The molecule has 0 radical (unpaired) electrons. The molecule has 4 atom stereocenters. The monoisotopic (exact) mass is 300 g/mol. The van der Waals surface area contributed by atoms with Gasteiger partial charge in [-0.15, -0.1) is 0 Å². The van der Waals surface area contributed by atoms with Gasteiger partial charge in [0.25, 0.3) is 0 Å². The summed E-state index contributed by atoms with van der Waals surface area (Å²) in [5.41, 5.74) is -0.854. The zero-order valence-electron chi connectivity index (χ0n) is 14.3. The van der Waals surface area contributed by atoms with Gasteiger partial charge in [-0.05, 0) is 31.1 Å². The normalized spacial score (nSPS) is 35.2. The van der Waals surface area contributed by atoms with E-state index >= 15 is 0 Å². The predicted molar refractivity (Wildman–Crippen MR) is 83.9 cm³/mol. The molecule has 0 saturated heterocycles. The van der Waals surface area contributed by atoms with E-state index in [1.54, 1.807) is 27.2 Å². The van der Waals surface area contributed by atoms with Gasteiger partial charge in [-0.25, -0.2) is 0 Å². The molecule has 0 bridgehead atoms. The minimum Gasteiger partial charge on any atom is -0.389 e. The largest absolute Gasteiger partial charge is 0.389 e. The molecule has 1 aliphatic rings. The summed E-state index contributed by atoms with van der Waals surface area (Å²) in [6.45, 7) is 8.01. The second-order valence-electron chi connectivity index (χ2n) is 7.01. The Kier molecular flexibility index (Phi) is 6.41. The van der Waals surface area contributed by atoms with Crippen molar-refractivity contribution in [3.8, 4) is 0 Å². The zero-order valence-corrected chi connectivity index (χ0v) is 14.3. The molecular weight excluding hydrogens is 268 g/mol. The first-order valence-corrected chi connectivity index (χ1v) is 7.84. The van der Waals surface area contributed by atoms with E-state index in [0.717, 1.165) is 19.3 Å². The maximum atomic E-state index is 11.1. The number of ether oxygens (including phenoxy) is 2. The van der Waals surface area contributed by atoms with Gasteiger partial charge in [-0.3, -0.25) is 0 Å². The molecule has 0 spiro atoms. The van der Waals surface area contributed by atoms with Crippen LogP contribution in [0.1, 0.15) is 47.0 Å². The molecule has 0 heterocycles. The fourth-order valence-corrected chi connectivity index (χ4v) is 3.59. The van der Waals surface area contributed by atoms with Crippen LogP contribution in [-0.4, -0.2) is 42.4 Å². The minimum absolute atomic E-state index is 0.0209. The predicted octanol–water partition coefficient (Wildman–Crippen LogP) is 2.74. The Bertz CT molecular complexity index is 349. The number of aliphatic hydroxyl groups excluding tert-OH is 1. The van der Waals surface area contributed by atoms with Crippen LogP contribution in [-0.2, 0) is 9.47 Å². The van der Waals surface area contributed by atoms with Crippen LogP contribution in [0.3, 0.4) is 0 Å². The number of aliphatic hydroxyl groups is 2. The van der Waals surface area contributed by atoms with Crippen molar-refractivity contribution in [3.05, 3.63) is 12.2 Å². The lowest BCUT2D eigenvalue weighted by Gasteiger charge is -2.40. The topological polar surface area (TPSA) is 58.9 Å². The molecule has 1 saturated carbocycles. The van der Waals surface area contributed by atoms with Gasteiger partial charge < -0.3 is 19.7 Å². The van der Waals surface area contributed by atoms with Crippen LogP contribution < -0.4 is 0 Å². The maximum Gasteiger partial charge on any atom is 0.157 e. The highest BCUT2D eigenvalue weighted by atomic mass is 16.7. The Morgan fingerprint density at radius 2 is 1.76 bits per heavy atom. The minimum atomic E-state index is -0.744. The summed E-state index contributed by atoms with van der Waals surface area (Å²) in [5, 5.41) is 20.7. The molecule has 1 aliphatic carbocycles. The highest BCUT2D eigenvalue weighted by molar-refractivity contribution is 5.13. The molecule has 124 valence electrons. The maximum absolute atomic E-state index is 11.1. The van der Waals surface area contributed by atoms with Gasteiger partial charge >= 0.3 is 0 Å². The van der Waals surface area contributed by atoms with Crippen LogP contribution in [0.4, 0.5) is 0 Å². The Morgan fingerprint density at radius 1 is 1.19 bits per heavy atom. The molecule has 1 fully saturated rings. The molecule has 1 rings (SSSR count). The first-order chi connectivity index (χ1) is 9.69. The summed E-state index contributed by atoms with van der Waals surface area (Å²) in [6, 6.07) is 0. The number of methoxy groups -OCH3 is 2. The van der Waals surface area contributed by atoms with Crippen LogP contribution in [0.2, 0.25) is 0 Å². The number of rotatable bonds is 7. The third kappa shape index (κ3) is 4.07. The molecule has 0 unspecified atom stereocenters. The average molecular weight is 300 g/mol. The summed E-state index contributed by atoms with van der Waals surface area (Å²) >= 11 is 0. The number of hydrogen-bond donors (Lipinski definition) is 2. The Morgan fingerprint density at radius 3 is 2.19 bits per heavy atom. The van der Waals surface area contributed by atoms with Crippen LogP contribution >= 0.6 is 0 Å². The molecular formula is C17H32O4. The van der Waals surface area contributed by atoms with Gasteiger partial charge in [0.2, 0.25) is 0 Å². The Labute approximate surface area is 129 Å². The van der Waals surface area contributed by atoms with E-state index in [0.29, 0.717) is 0 Å². The van der Waals surface area contributed by atoms with Crippen LogP contribution in [0, 0.1) is 17.3 Å². The Hall–Kier alpha value is -0.420. The summed E-state index contributed by atoms with van der Waals surface area (Å²) in [4.78, 5) is 0. The van der Waals surface area contributed by atoms with E-state index in [-0.39, 0.29) is 23.5 Å². The first-order valence-electron chi connectivity index (χ1n) is 7.84. The summed E-state index contributed by atoms with van der Waals surface area (Å²) < 4.78 is 10.7. The lowest BCUT2D eigenvalue weighted by Crippen LogP contribution is -2.43. The molecule has 21 heavy (non-hydrogen) atoms. The molecule has 2 N–H and O–H groups in total. The van der Waals surface area contributed by atoms with Crippen molar-refractivity contribution in [1.82, 2.24) is 0 Å². The average Bonchev–Trinajstić information content (AvgIpc) is 2.67. The molecule has 4 heteroatoms. The SMILES string of the molecule is COC(C[C@@]1(C)CC[C@@](O)(C(C)C)[C@@H]1/C=C/[C@@H](C)O)OC. The van der Waals surface area contributed by atoms with Gasteiger partial charge in [0.15, 0.2) is 6.29 Å². The third-order valence-electron chi connectivity index (χ3n) is 5.13. The van der Waals surface area contributed by atoms with Crippen molar-refractivity contribution in [2.45, 2.75) is 65.0 Å². The van der Waals surface area contributed by atoms with Crippen molar-refractivity contribution < 1.29 is 19.7 Å². The van der Waals surface area contributed by atoms with E-state index in [4.69, 9.17) is 9.47 Å². The quantitative estimate of drug-likeness (QED) is 0.561. The standard InChI is InChI=1S/C17H32O4/c1-12(2)17(19)10-9-16(4,11-15(20-5)21-6)14(17)8-7-13(3)18/h7-8,12-15,18-19H,9-11H2,1-6H3/b8-7+/t13-,14-,16-,17-/m1/s1. The van der Waals surface area contributed by atoms with Crippen LogP contribution in [0.25, 0.3) is 0 Å². The van der Waals surface area contributed by atoms with Crippen molar-refractivity contribution in [2.24, 2.45) is 17.3 Å². The van der Waals surface area contributed by atoms with Crippen molar-refractivity contribution in [1.29, 1.82) is 0 Å². The van der Waals surface area contributed by atoms with Crippen molar-refractivity contribution >= 4 is 0 Å².